The zero-order chi connectivity index (χ0) is 15.3. The molecule has 0 aliphatic heterocycles. The van der Waals surface area contributed by atoms with Crippen LogP contribution in [0.15, 0.2) is 15.7 Å². The van der Waals surface area contributed by atoms with Crippen molar-refractivity contribution in [2.75, 3.05) is 6.54 Å². The SMILES string of the molecule is Cn1c(CNCCCCC(F)(F)F)cc(=O)n(C)c1=O. The third-order valence-electron chi connectivity index (χ3n) is 3.00. The third kappa shape index (κ3) is 4.84. The molecule has 0 saturated heterocycles. The Morgan fingerprint density at radius 2 is 1.80 bits per heavy atom. The van der Waals surface area contributed by atoms with Crippen LogP contribution in [0.4, 0.5) is 13.2 Å². The van der Waals surface area contributed by atoms with Crippen molar-refractivity contribution in [3.05, 3.63) is 32.6 Å². The fourth-order valence-corrected chi connectivity index (χ4v) is 1.74. The molecule has 1 aromatic heterocycles. The van der Waals surface area contributed by atoms with E-state index in [1.165, 1.54) is 17.7 Å². The standard InChI is InChI=1S/C12H18F3N3O2/c1-17-9(7-10(19)18(2)11(17)20)8-16-6-4-3-5-12(13,14)15/h7,16H,3-6,8H2,1-2H3. The van der Waals surface area contributed by atoms with Crippen LogP contribution in [0.5, 0.6) is 0 Å². The highest BCUT2D eigenvalue weighted by atomic mass is 19.4. The van der Waals surface area contributed by atoms with Crippen molar-refractivity contribution in [1.29, 1.82) is 0 Å². The second-order valence-electron chi connectivity index (χ2n) is 4.62. The van der Waals surface area contributed by atoms with Gasteiger partial charge in [-0.1, -0.05) is 0 Å². The summed E-state index contributed by atoms with van der Waals surface area (Å²) < 4.78 is 38.1. The van der Waals surface area contributed by atoms with E-state index in [9.17, 15) is 22.8 Å². The van der Waals surface area contributed by atoms with Crippen LogP contribution < -0.4 is 16.6 Å². The van der Waals surface area contributed by atoms with E-state index in [0.717, 1.165) is 4.57 Å². The number of aromatic nitrogens is 2. The zero-order valence-corrected chi connectivity index (χ0v) is 11.5. The molecule has 0 bridgehead atoms. The fraction of sp³-hybridized carbons (Fsp3) is 0.667. The molecule has 5 nitrogen and oxygen atoms in total. The van der Waals surface area contributed by atoms with Crippen LogP contribution >= 0.6 is 0 Å². The smallest absolute Gasteiger partial charge is 0.311 e. The molecule has 20 heavy (non-hydrogen) atoms. The number of nitrogens with zero attached hydrogens (tertiary/aromatic N) is 2. The largest absolute Gasteiger partial charge is 0.389 e. The molecule has 8 heteroatoms. The maximum absolute atomic E-state index is 11.9. The molecular formula is C12H18F3N3O2. The number of rotatable bonds is 6. The van der Waals surface area contributed by atoms with Crippen molar-refractivity contribution in [3.8, 4) is 0 Å². The normalized spacial score (nSPS) is 11.8. The molecule has 0 atom stereocenters. The van der Waals surface area contributed by atoms with Crippen molar-refractivity contribution in [2.45, 2.75) is 32.0 Å². The topological polar surface area (TPSA) is 56.0 Å². The first kappa shape index (κ1) is 16.5. The number of hydrogen-bond donors (Lipinski definition) is 1. The van der Waals surface area contributed by atoms with Gasteiger partial charge >= 0.3 is 11.9 Å². The average Bonchev–Trinajstić information content (AvgIpc) is 2.35. The zero-order valence-electron chi connectivity index (χ0n) is 11.5. The summed E-state index contributed by atoms with van der Waals surface area (Å²) in [6.45, 7) is 0.674. The predicted molar refractivity (Wildman–Crippen MR) is 68.5 cm³/mol. The highest BCUT2D eigenvalue weighted by Crippen LogP contribution is 2.21. The van der Waals surface area contributed by atoms with Gasteiger partial charge in [-0.25, -0.2) is 4.79 Å². The number of alkyl halides is 3. The van der Waals surface area contributed by atoms with Gasteiger partial charge in [0.15, 0.2) is 0 Å². The van der Waals surface area contributed by atoms with Gasteiger partial charge in [0, 0.05) is 38.8 Å². The molecule has 0 radical (unpaired) electrons. The van der Waals surface area contributed by atoms with Gasteiger partial charge in [-0.05, 0) is 19.4 Å². The maximum atomic E-state index is 11.9. The highest BCUT2D eigenvalue weighted by molar-refractivity contribution is 5.01. The molecule has 1 rings (SSSR count). The highest BCUT2D eigenvalue weighted by Gasteiger charge is 2.25. The van der Waals surface area contributed by atoms with Crippen molar-refractivity contribution >= 4 is 0 Å². The second kappa shape index (κ2) is 6.74. The van der Waals surface area contributed by atoms with E-state index in [0.29, 0.717) is 18.7 Å². The minimum absolute atomic E-state index is 0.0615. The Balaban J connectivity index is 2.44. The Hall–Kier alpha value is -1.57. The average molecular weight is 293 g/mol. The monoisotopic (exact) mass is 293 g/mol. The van der Waals surface area contributed by atoms with E-state index >= 15 is 0 Å². The number of halogens is 3. The Morgan fingerprint density at radius 1 is 1.15 bits per heavy atom. The van der Waals surface area contributed by atoms with Crippen LogP contribution in [-0.2, 0) is 20.6 Å². The molecule has 0 spiro atoms. The summed E-state index contributed by atoms with van der Waals surface area (Å²) in [5.74, 6) is 0. The van der Waals surface area contributed by atoms with Crippen molar-refractivity contribution < 1.29 is 13.2 Å². The summed E-state index contributed by atoms with van der Waals surface area (Å²) in [6, 6.07) is 1.34. The van der Waals surface area contributed by atoms with Gasteiger partial charge in [0.25, 0.3) is 5.56 Å². The van der Waals surface area contributed by atoms with E-state index in [2.05, 4.69) is 5.32 Å². The lowest BCUT2D eigenvalue weighted by Gasteiger charge is -2.10. The molecule has 1 heterocycles. The Morgan fingerprint density at radius 3 is 2.40 bits per heavy atom. The van der Waals surface area contributed by atoms with E-state index in [1.54, 1.807) is 7.05 Å². The lowest BCUT2D eigenvalue weighted by molar-refractivity contribution is -0.135. The molecule has 1 aromatic rings. The van der Waals surface area contributed by atoms with Crippen LogP contribution in [0.25, 0.3) is 0 Å². The van der Waals surface area contributed by atoms with E-state index in [4.69, 9.17) is 0 Å². The van der Waals surface area contributed by atoms with Crippen LogP contribution in [0, 0.1) is 0 Å². The van der Waals surface area contributed by atoms with Gasteiger partial charge in [0.05, 0.1) is 0 Å². The van der Waals surface area contributed by atoms with Crippen molar-refractivity contribution in [3.63, 3.8) is 0 Å². The first-order valence-corrected chi connectivity index (χ1v) is 6.26. The molecule has 1 N–H and O–H groups in total. The Kier molecular flexibility index (Phi) is 5.55. The maximum Gasteiger partial charge on any atom is 0.389 e. The van der Waals surface area contributed by atoms with Crippen molar-refractivity contribution in [2.24, 2.45) is 14.1 Å². The van der Waals surface area contributed by atoms with Gasteiger partial charge in [-0.15, -0.1) is 0 Å². The summed E-state index contributed by atoms with van der Waals surface area (Å²) in [5.41, 5.74) is -0.317. The molecule has 0 saturated carbocycles. The van der Waals surface area contributed by atoms with Crippen molar-refractivity contribution in [1.82, 2.24) is 14.5 Å². The number of unbranched alkanes of at least 4 members (excludes halogenated alkanes) is 1. The summed E-state index contributed by atoms with van der Waals surface area (Å²) in [5, 5.41) is 2.93. The summed E-state index contributed by atoms with van der Waals surface area (Å²) in [7, 11) is 2.93. The molecule has 0 aromatic carbocycles. The van der Waals surface area contributed by atoms with Crippen LogP contribution in [0.2, 0.25) is 0 Å². The third-order valence-corrected chi connectivity index (χ3v) is 3.00. The van der Waals surface area contributed by atoms with Gasteiger partial charge < -0.3 is 5.32 Å². The first-order chi connectivity index (χ1) is 9.22. The van der Waals surface area contributed by atoms with E-state index in [-0.39, 0.29) is 13.0 Å². The molecule has 0 aliphatic carbocycles. The molecule has 0 aliphatic rings. The molecule has 0 fully saturated rings. The lowest BCUT2D eigenvalue weighted by Crippen LogP contribution is -2.39. The molecule has 0 amide bonds. The lowest BCUT2D eigenvalue weighted by atomic mass is 10.2. The molecular weight excluding hydrogens is 275 g/mol. The fourth-order valence-electron chi connectivity index (χ4n) is 1.74. The summed E-state index contributed by atoms with van der Waals surface area (Å²) in [6.07, 6.45) is -4.46. The van der Waals surface area contributed by atoms with Crippen LogP contribution in [0.1, 0.15) is 25.0 Å². The van der Waals surface area contributed by atoms with Gasteiger partial charge in [0.1, 0.15) is 0 Å². The van der Waals surface area contributed by atoms with E-state index < -0.39 is 23.8 Å². The second-order valence-corrected chi connectivity index (χ2v) is 4.62. The van der Waals surface area contributed by atoms with Gasteiger partial charge in [-0.3, -0.25) is 13.9 Å². The summed E-state index contributed by atoms with van der Waals surface area (Å²) in [4.78, 5) is 23.1. The molecule has 0 unspecified atom stereocenters. The quantitative estimate of drug-likeness (QED) is 0.793. The van der Waals surface area contributed by atoms with Gasteiger partial charge in [0.2, 0.25) is 0 Å². The van der Waals surface area contributed by atoms with Crippen LogP contribution in [-0.4, -0.2) is 21.9 Å². The minimum atomic E-state index is -4.12. The first-order valence-electron chi connectivity index (χ1n) is 6.26. The summed E-state index contributed by atoms with van der Waals surface area (Å²) >= 11 is 0. The number of hydrogen-bond acceptors (Lipinski definition) is 3. The van der Waals surface area contributed by atoms with Gasteiger partial charge in [-0.2, -0.15) is 13.2 Å². The van der Waals surface area contributed by atoms with E-state index in [1.807, 2.05) is 0 Å². The van der Waals surface area contributed by atoms with Crippen LogP contribution in [0.3, 0.4) is 0 Å². The Labute approximate surface area is 114 Å². The number of nitrogens with one attached hydrogen (secondary N) is 1. The predicted octanol–water partition coefficient (Wildman–Crippen LogP) is 0.906. The Bertz CT molecular complexity index is 561. The molecule has 114 valence electrons. The minimum Gasteiger partial charge on any atom is -0.311 e.